The van der Waals surface area contributed by atoms with E-state index in [1.807, 2.05) is 12.1 Å². The van der Waals surface area contributed by atoms with Gasteiger partial charge in [-0.3, -0.25) is 9.59 Å². The van der Waals surface area contributed by atoms with Crippen LogP contribution in [0.4, 0.5) is 0 Å². The fourth-order valence-electron chi connectivity index (χ4n) is 1.33. The Bertz CT molecular complexity index is 518. The van der Waals surface area contributed by atoms with Gasteiger partial charge in [0, 0.05) is 0 Å². The first-order valence-electron chi connectivity index (χ1n) is 4.67. The fraction of sp³-hybridized carbons (Fsp3) is 0.167. The number of Topliss-reactive ketones (excluding diaryl/α,β-unsaturated/α-hetero) is 1. The second-order valence-electron chi connectivity index (χ2n) is 3.13. The molecule has 0 aliphatic rings. The highest BCUT2D eigenvalue weighted by Gasteiger charge is 2.19. The van der Waals surface area contributed by atoms with Gasteiger partial charge in [0.2, 0.25) is 0 Å². The summed E-state index contributed by atoms with van der Waals surface area (Å²) in [7, 11) is 1.16. The van der Waals surface area contributed by atoms with Crippen molar-refractivity contribution in [2.75, 3.05) is 7.11 Å². The highest BCUT2D eigenvalue weighted by molar-refractivity contribution is 6.08. The SMILES string of the molecule is COC(=O)CC(=O)c1c(C#N)cccc1C#N. The molecule has 0 spiro atoms. The molecule has 0 unspecified atom stereocenters. The van der Waals surface area contributed by atoms with Crippen LogP contribution in [0.1, 0.15) is 27.9 Å². The van der Waals surface area contributed by atoms with Gasteiger partial charge < -0.3 is 4.74 Å². The number of nitriles is 2. The molecule has 1 rings (SSSR count). The van der Waals surface area contributed by atoms with Gasteiger partial charge in [-0.15, -0.1) is 0 Å². The number of methoxy groups -OCH3 is 1. The van der Waals surface area contributed by atoms with E-state index in [2.05, 4.69) is 4.74 Å². The summed E-state index contributed by atoms with van der Waals surface area (Å²) in [6.07, 6.45) is -0.482. The average molecular weight is 228 g/mol. The molecule has 0 aromatic heterocycles. The van der Waals surface area contributed by atoms with Gasteiger partial charge in [-0.05, 0) is 12.1 Å². The maximum Gasteiger partial charge on any atom is 0.313 e. The van der Waals surface area contributed by atoms with Crippen LogP contribution in [0.5, 0.6) is 0 Å². The van der Waals surface area contributed by atoms with E-state index in [0.717, 1.165) is 7.11 Å². The third kappa shape index (κ3) is 2.67. The summed E-state index contributed by atoms with van der Waals surface area (Å²) >= 11 is 0. The van der Waals surface area contributed by atoms with Crippen molar-refractivity contribution < 1.29 is 14.3 Å². The molecule has 17 heavy (non-hydrogen) atoms. The first-order chi connectivity index (χ1) is 8.13. The number of carbonyl (C=O) groups excluding carboxylic acids is 2. The number of hydrogen-bond acceptors (Lipinski definition) is 5. The minimum atomic E-state index is -0.702. The topological polar surface area (TPSA) is 90.9 Å². The Balaban J connectivity index is 3.21. The molecule has 1 aromatic carbocycles. The fourth-order valence-corrected chi connectivity index (χ4v) is 1.33. The van der Waals surface area contributed by atoms with Crippen molar-refractivity contribution in [3.63, 3.8) is 0 Å². The van der Waals surface area contributed by atoms with Gasteiger partial charge >= 0.3 is 5.97 Å². The summed E-state index contributed by atoms with van der Waals surface area (Å²) in [6.45, 7) is 0. The van der Waals surface area contributed by atoms with Crippen molar-refractivity contribution in [3.05, 3.63) is 34.9 Å². The van der Waals surface area contributed by atoms with Crippen molar-refractivity contribution in [2.45, 2.75) is 6.42 Å². The van der Waals surface area contributed by atoms with Crippen molar-refractivity contribution >= 4 is 11.8 Å². The molecule has 0 saturated carbocycles. The molecule has 0 bridgehead atoms. The lowest BCUT2D eigenvalue weighted by molar-refractivity contribution is -0.139. The molecule has 5 heteroatoms. The monoisotopic (exact) mass is 228 g/mol. The van der Waals surface area contributed by atoms with Gasteiger partial charge in [0.05, 0.1) is 35.9 Å². The molecule has 0 radical (unpaired) electrons. The highest BCUT2D eigenvalue weighted by Crippen LogP contribution is 2.16. The van der Waals surface area contributed by atoms with Crippen LogP contribution in [0.15, 0.2) is 18.2 Å². The van der Waals surface area contributed by atoms with E-state index in [0.29, 0.717) is 0 Å². The standard InChI is InChI=1S/C12H8N2O3/c1-17-11(16)5-10(15)12-8(6-13)3-2-4-9(12)7-14/h2-4H,5H2,1H3. The number of ketones is 1. The number of nitrogens with zero attached hydrogens (tertiary/aromatic N) is 2. The second-order valence-corrected chi connectivity index (χ2v) is 3.13. The van der Waals surface area contributed by atoms with Gasteiger partial charge in [-0.25, -0.2) is 0 Å². The van der Waals surface area contributed by atoms with Crippen molar-refractivity contribution in [3.8, 4) is 12.1 Å². The normalized spacial score (nSPS) is 8.88. The Morgan fingerprint density at radius 3 is 2.18 bits per heavy atom. The van der Waals surface area contributed by atoms with Crippen LogP contribution in [-0.2, 0) is 9.53 Å². The van der Waals surface area contributed by atoms with Gasteiger partial charge in [-0.2, -0.15) is 10.5 Å². The summed E-state index contributed by atoms with van der Waals surface area (Å²) in [4.78, 5) is 22.8. The van der Waals surface area contributed by atoms with Gasteiger partial charge in [0.15, 0.2) is 5.78 Å². The molecule has 0 atom stereocenters. The molecule has 0 heterocycles. The van der Waals surface area contributed by atoms with Crippen LogP contribution in [-0.4, -0.2) is 18.9 Å². The van der Waals surface area contributed by atoms with E-state index >= 15 is 0 Å². The molecule has 0 amide bonds. The molecule has 0 aliphatic heterocycles. The lowest BCUT2D eigenvalue weighted by atomic mass is 9.97. The lowest BCUT2D eigenvalue weighted by Gasteiger charge is -2.04. The Morgan fingerprint density at radius 2 is 1.76 bits per heavy atom. The number of ether oxygens (including phenoxy) is 1. The largest absolute Gasteiger partial charge is 0.469 e. The molecule has 0 fully saturated rings. The first kappa shape index (κ1) is 12.4. The maximum atomic E-state index is 11.8. The van der Waals surface area contributed by atoms with E-state index in [1.54, 1.807) is 0 Å². The van der Waals surface area contributed by atoms with Crippen LogP contribution < -0.4 is 0 Å². The third-order valence-corrected chi connectivity index (χ3v) is 2.12. The molecule has 5 nitrogen and oxygen atoms in total. The van der Waals surface area contributed by atoms with Gasteiger partial charge in [-0.1, -0.05) is 6.07 Å². The quantitative estimate of drug-likeness (QED) is 0.440. The first-order valence-corrected chi connectivity index (χ1v) is 4.67. The zero-order valence-electron chi connectivity index (χ0n) is 9.06. The van der Waals surface area contributed by atoms with Crippen LogP contribution in [0, 0.1) is 22.7 Å². The van der Waals surface area contributed by atoms with Crippen molar-refractivity contribution in [2.24, 2.45) is 0 Å². The Labute approximate surface area is 97.8 Å². The van der Waals surface area contributed by atoms with E-state index in [-0.39, 0.29) is 16.7 Å². The number of hydrogen-bond donors (Lipinski definition) is 0. The molecule has 0 saturated heterocycles. The summed E-state index contributed by atoms with van der Waals surface area (Å²) in [5.41, 5.74) is 0.138. The van der Waals surface area contributed by atoms with Crippen LogP contribution in [0.2, 0.25) is 0 Å². The summed E-state index contributed by atoms with van der Waals surface area (Å²) in [5.74, 6) is -1.29. The summed E-state index contributed by atoms with van der Waals surface area (Å²) in [6, 6.07) is 7.99. The minimum Gasteiger partial charge on any atom is -0.469 e. The van der Waals surface area contributed by atoms with E-state index < -0.39 is 18.2 Å². The minimum absolute atomic E-state index is 0.0251. The predicted molar refractivity (Wildman–Crippen MR) is 56.8 cm³/mol. The van der Waals surface area contributed by atoms with Gasteiger partial charge in [0.1, 0.15) is 6.42 Å². The van der Waals surface area contributed by atoms with Crippen LogP contribution >= 0.6 is 0 Å². The van der Waals surface area contributed by atoms with Crippen molar-refractivity contribution in [1.29, 1.82) is 10.5 Å². The summed E-state index contributed by atoms with van der Waals surface area (Å²) < 4.78 is 4.36. The van der Waals surface area contributed by atoms with Gasteiger partial charge in [0.25, 0.3) is 0 Å². The van der Waals surface area contributed by atoms with E-state index in [4.69, 9.17) is 10.5 Å². The molecular weight excluding hydrogens is 220 g/mol. The van der Waals surface area contributed by atoms with Crippen LogP contribution in [0.3, 0.4) is 0 Å². The number of rotatable bonds is 3. The predicted octanol–water partition coefficient (Wildman–Crippen LogP) is 1.18. The Morgan fingerprint density at radius 1 is 1.24 bits per heavy atom. The number of esters is 1. The third-order valence-electron chi connectivity index (χ3n) is 2.12. The molecule has 0 aliphatic carbocycles. The van der Waals surface area contributed by atoms with E-state index in [1.165, 1.54) is 18.2 Å². The van der Waals surface area contributed by atoms with Crippen molar-refractivity contribution in [1.82, 2.24) is 0 Å². The second kappa shape index (κ2) is 5.43. The number of benzene rings is 1. The zero-order chi connectivity index (χ0) is 12.8. The lowest BCUT2D eigenvalue weighted by Crippen LogP contribution is -2.12. The summed E-state index contributed by atoms with van der Waals surface area (Å²) in [5, 5.41) is 17.7. The van der Waals surface area contributed by atoms with Crippen LogP contribution in [0.25, 0.3) is 0 Å². The Kier molecular flexibility index (Phi) is 3.96. The molecule has 0 N–H and O–H groups in total. The van der Waals surface area contributed by atoms with E-state index in [9.17, 15) is 9.59 Å². The smallest absolute Gasteiger partial charge is 0.313 e. The average Bonchev–Trinajstić information content (AvgIpc) is 2.37. The molecular formula is C12H8N2O3. The molecule has 84 valence electrons. The highest BCUT2D eigenvalue weighted by atomic mass is 16.5. The number of carbonyl (C=O) groups is 2. The molecule has 1 aromatic rings. The maximum absolute atomic E-state index is 11.8. The Hall–Kier alpha value is -2.66. The zero-order valence-corrected chi connectivity index (χ0v) is 9.06.